The van der Waals surface area contributed by atoms with Gasteiger partial charge in [0, 0.05) is 35.5 Å². The molecule has 2 aliphatic heterocycles. The summed E-state index contributed by atoms with van der Waals surface area (Å²) in [6.07, 6.45) is 1.65. The quantitative estimate of drug-likeness (QED) is 0.276. The van der Waals surface area contributed by atoms with E-state index in [1.165, 1.54) is 11.1 Å². The van der Waals surface area contributed by atoms with E-state index < -0.39 is 10.8 Å². The molecule has 5 nitrogen and oxygen atoms in total. The number of hydrogen-bond donors (Lipinski definition) is 1. The SMILES string of the molecule is Cc1ccc2cc(C(C)C)c(O[C@@H]3C4C(C)(C)C(=O)CC[C@@]45CO[C@@H]3c3cc(C(C)C)c(O)cc35)cc2c1CCC(=O)C(C)C. The van der Waals surface area contributed by atoms with Crippen LogP contribution >= 0.6 is 0 Å². The molecule has 0 amide bonds. The molecular weight excluding hydrogens is 560 g/mol. The van der Waals surface area contributed by atoms with Gasteiger partial charge in [0.25, 0.3) is 0 Å². The topological polar surface area (TPSA) is 72.8 Å². The van der Waals surface area contributed by atoms with Gasteiger partial charge < -0.3 is 14.6 Å². The van der Waals surface area contributed by atoms with Gasteiger partial charge in [0.1, 0.15) is 35.3 Å². The highest BCUT2D eigenvalue weighted by Crippen LogP contribution is 2.64. The lowest BCUT2D eigenvalue weighted by Gasteiger charge is -2.62. The van der Waals surface area contributed by atoms with Crippen molar-refractivity contribution in [2.24, 2.45) is 17.3 Å². The summed E-state index contributed by atoms with van der Waals surface area (Å²) in [7, 11) is 0. The Morgan fingerprint density at radius 2 is 1.73 bits per heavy atom. The Balaban J connectivity index is 1.52. The van der Waals surface area contributed by atoms with Crippen molar-refractivity contribution in [3.8, 4) is 11.5 Å². The summed E-state index contributed by atoms with van der Waals surface area (Å²) in [5.74, 6) is 1.97. The number of ether oxygens (including phenoxy) is 2. The Labute approximate surface area is 268 Å². The number of carbonyl (C=O) groups is 2. The van der Waals surface area contributed by atoms with Crippen LogP contribution in [0.1, 0.15) is 126 Å². The number of carbonyl (C=O) groups excluding carboxylic acids is 2. The highest BCUT2D eigenvalue weighted by Gasteiger charge is 2.66. The first-order chi connectivity index (χ1) is 21.2. The molecule has 1 unspecified atom stereocenters. The number of phenols is 1. The zero-order chi connectivity index (χ0) is 32.6. The van der Waals surface area contributed by atoms with Gasteiger partial charge in [0.2, 0.25) is 0 Å². The Hall–Kier alpha value is -3.18. The van der Waals surface area contributed by atoms with Crippen LogP contribution in [0.2, 0.25) is 0 Å². The number of fused-ring (bicyclic) bond motifs is 2. The Bertz CT molecular complexity index is 1680. The normalized spacial score (nSPS) is 25.2. The molecule has 5 heteroatoms. The predicted molar refractivity (Wildman–Crippen MR) is 179 cm³/mol. The first kappa shape index (κ1) is 31.8. The number of aryl methyl sites for hydroxylation is 2. The summed E-state index contributed by atoms with van der Waals surface area (Å²) in [5, 5.41) is 13.4. The summed E-state index contributed by atoms with van der Waals surface area (Å²) in [4.78, 5) is 26.2. The summed E-state index contributed by atoms with van der Waals surface area (Å²) in [6.45, 7) is 19.3. The summed E-state index contributed by atoms with van der Waals surface area (Å²) in [5.41, 5.74) is 5.57. The average molecular weight is 611 g/mol. The molecule has 1 saturated heterocycles. The van der Waals surface area contributed by atoms with E-state index in [0.717, 1.165) is 38.8 Å². The molecule has 0 aromatic heterocycles. The molecule has 3 aromatic carbocycles. The summed E-state index contributed by atoms with van der Waals surface area (Å²) >= 11 is 0. The van der Waals surface area contributed by atoms with Gasteiger partial charge in [-0.1, -0.05) is 67.5 Å². The number of rotatable bonds is 8. The first-order valence-electron chi connectivity index (χ1n) is 16.9. The fourth-order valence-electron chi connectivity index (χ4n) is 8.71. The van der Waals surface area contributed by atoms with Crippen molar-refractivity contribution in [2.75, 3.05) is 6.61 Å². The van der Waals surface area contributed by atoms with E-state index in [2.05, 4.69) is 78.8 Å². The first-order valence-corrected chi connectivity index (χ1v) is 16.9. The van der Waals surface area contributed by atoms with Crippen LogP contribution in [0, 0.1) is 24.2 Å². The Kier molecular flexibility index (Phi) is 7.95. The van der Waals surface area contributed by atoms with E-state index in [-0.39, 0.29) is 47.4 Å². The Morgan fingerprint density at radius 3 is 2.40 bits per heavy atom. The average Bonchev–Trinajstić information content (AvgIpc) is 2.98. The molecule has 240 valence electrons. The maximum atomic E-state index is 13.6. The van der Waals surface area contributed by atoms with Gasteiger partial charge in [-0.25, -0.2) is 0 Å². The second kappa shape index (κ2) is 11.3. The maximum absolute atomic E-state index is 13.6. The van der Waals surface area contributed by atoms with Crippen LogP contribution in [0.4, 0.5) is 0 Å². The minimum atomic E-state index is -0.622. The number of ketones is 2. The number of phenolic OH excluding ortho intramolecular Hbond substituents is 1. The fraction of sp³-hybridized carbons (Fsp3) is 0.550. The molecule has 2 bridgehead atoms. The molecule has 2 aliphatic carbocycles. The minimum absolute atomic E-state index is 0.0170. The van der Waals surface area contributed by atoms with Crippen LogP contribution in [0.25, 0.3) is 10.8 Å². The third-order valence-corrected chi connectivity index (χ3v) is 11.3. The number of benzene rings is 3. The van der Waals surface area contributed by atoms with Crippen molar-refractivity contribution >= 4 is 22.3 Å². The van der Waals surface area contributed by atoms with E-state index >= 15 is 0 Å². The van der Waals surface area contributed by atoms with Crippen molar-refractivity contribution in [2.45, 2.75) is 117 Å². The number of aromatic hydroxyl groups is 1. The van der Waals surface area contributed by atoms with E-state index in [1.54, 1.807) is 0 Å². The smallest absolute Gasteiger partial charge is 0.138 e. The summed E-state index contributed by atoms with van der Waals surface area (Å²) < 4.78 is 14.0. The monoisotopic (exact) mass is 610 g/mol. The zero-order valence-electron chi connectivity index (χ0n) is 28.5. The molecule has 3 aromatic rings. The molecule has 4 aliphatic rings. The molecule has 2 heterocycles. The van der Waals surface area contributed by atoms with Gasteiger partial charge in [0.15, 0.2) is 0 Å². The minimum Gasteiger partial charge on any atom is -0.508 e. The lowest BCUT2D eigenvalue weighted by atomic mass is 9.46. The lowest BCUT2D eigenvalue weighted by molar-refractivity contribution is -0.198. The van der Waals surface area contributed by atoms with Crippen LogP contribution in [-0.4, -0.2) is 29.4 Å². The van der Waals surface area contributed by atoms with Crippen molar-refractivity contribution in [3.05, 3.63) is 69.8 Å². The molecule has 7 rings (SSSR count). The predicted octanol–water partition coefficient (Wildman–Crippen LogP) is 9.03. The van der Waals surface area contributed by atoms with Gasteiger partial charge >= 0.3 is 0 Å². The van der Waals surface area contributed by atoms with Crippen LogP contribution in [0.5, 0.6) is 11.5 Å². The van der Waals surface area contributed by atoms with Crippen LogP contribution in [0.15, 0.2) is 36.4 Å². The van der Waals surface area contributed by atoms with Gasteiger partial charge in [0.05, 0.1) is 6.61 Å². The Morgan fingerprint density at radius 1 is 1.02 bits per heavy atom. The third kappa shape index (κ3) is 5.01. The highest BCUT2D eigenvalue weighted by atomic mass is 16.5. The van der Waals surface area contributed by atoms with E-state index in [4.69, 9.17) is 9.47 Å². The standard InChI is InChI=1S/C40H50O5/c1-21(2)27-17-30-31(19-33(27)42)40-15-14-35(43)39(8,9)38(40)37(36(30)44-20-40)45-34-18-29-25(16-28(34)22(3)4)11-10-24(7)26(29)12-13-32(41)23(5)6/h10-11,16-19,21-23,36-38,42H,12-15,20H2,1-9H3/t36-,37+,38?,40+/m1/s1. The van der Waals surface area contributed by atoms with Crippen molar-refractivity contribution in [3.63, 3.8) is 0 Å². The van der Waals surface area contributed by atoms with Crippen molar-refractivity contribution < 1.29 is 24.2 Å². The molecule has 1 saturated carbocycles. The molecule has 2 fully saturated rings. The maximum Gasteiger partial charge on any atom is 0.138 e. The molecule has 0 radical (unpaired) electrons. The van der Waals surface area contributed by atoms with Crippen LogP contribution in [-0.2, 0) is 26.2 Å². The molecule has 1 N–H and O–H groups in total. The summed E-state index contributed by atoms with van der Waals surface area (Å²) in [6, 6.07) is 12.9. The van der Waals surface area contributed by atoms with Crippen molar-refractivity contribution in [1.82, 2.24) is 0 Å². The van der Waals surface area contributed by atoms with Gasteiger partial charge in [-0.2, -0.15) is 0 Å². The molecule has 45 heavy (non-hydrogen) atoms. The molecular formula is C40H50O5. The van der Waals surface area contributed by atoms with Crippen molar-refractivity contribution in [1.29, 1.82) is 0 Å². The van der Waals surface area contributed by atoms with Crippen LogP contribution in [0.3, 0.4) is 0 Å². The second-order valence-electron chi connectivity index (χ2n) is 15.5. The van der Waals surface area contributed by atoms with E-state index in [0.29, 0.717) is 38.0 Å². The van der Waals surface area contributed by atoms with Gasteiger partial charge in [-0.3, -0.25) is 9.59 Å². The van der Waals surface area contributed by atoms with E-state index in [1.807, 2.05) is 19.9 Å². The highest BCUT2D eigenvalue weighted by molar-refractivity contribution is 5.90. The second-order valence-corrected chi connectivity index (χ2v) is 15.5. The number of Topliss-reactive ketones (excluding diaryl/α,β-unsaturated/α-hetero) is 2. The third-order valence-electron chi connectivity index (χ3n) is 11.3. The fourth-order valence-corrected chi connectivity index (χ4v) is 8.71. The molecule has 4 atom stereocenters. The van der Waals surface area contributed by atoms with Gasteiger partial charge in [-0.05, 0) is 100 Å². The van der Waals surface area contributed by atoms with E-state index in [9.17, 15) is 14.7 Å². The molecule has 1 spiro atoms. The largest absolute Gasteiger partial charge is 0.508 e. The zero-order valence-corrected chi connectivity index (χ0v) is 28.5. The van der Waals surface area contributed by atoms with Crippen LogP contribution < -0.4 is 4.74 Å². The van der Waals surface area contributed by atoms with Gasteiger partial charge in [-0.15, -0.1) is 0 Å². The number of hydrogen-bond acceptors (Lipinski definition) is 5. The lowest BCUT2D eigenvalue weighted by Crippen LogP contribution is -2.66.